The van der Waals surface area contributed by atoms with Crippen LogP contribution in [0.1, 0.15) is 12.5 Å². The highest BCUT2D eigenvalue weighted by atomic mass is 79.9. The third-order valence-electron chi connectivity index (χ3n) is 2.00. The Hall–Kier alpha value is -0.480. The highest BCUT2D eigenvalue weighted by Crippen LogP contribution is 2.41. The number of carbonyl (C=O) groups excluding carboxylic acids is 1. The lowest BCUT2D eigenvalue weighted by Gasteiger charge is -2.09. The van der Waals surface area contributed by atoms with E-state index in [9.17, 15) is 14.3 Å². The van der Waals surface area contributed by atoms with Crippen LogP contribution in [0.25, 0.3) is 0 Å². The Morgan fingerprint density at radius 3 is 2.82 bits per heavy atom. The van der Waals surface area contributed by atoms with Crippen molar-refractivity contribution in [1.29, 1.82) is 0 Å². The highest BCUT2D eigenvalue weighted by Gasteiger charge is 2.23. The van der Waals surface area contributed by atoms with Gasteiger partial charge in [-0.25, -0.2) is 0 Å². The summed E-state index contributed by atoms with van der Waals surface area (Å²) in [5.41, 5.74) is 0.806. The molecule has 1 aromatic rings. The van der Waals surface area contributed by atoms with Crippen molar-refractivity contribution in [3.05, 3.63) is 34.3 Å². The summed E-state index contributed by atoms with van der Waals surface area (Å²) in [6.07, 6.45) is -0.301. The summed E-state index contributed by atoms with van der Waals surface area (Å²) in [7, 11) is -3.76. The Morgan fingerprint density at radius 2 is 2.24 bits per heavy atom. The molecule has 0 heterocycles. The molecule has 0 saturated carbocycles. The van der Waals surface area contributed by atoms with Crippen molar-refractivity contribution in [1.82, 2.24) is 0 Å². The third kappa shape index (κ3) is 5.59. The first kappa shape index (κ1) is 14.6. The van der Waals surface area contributed by atoms with Gasteiger partial charge in [0.1, 0.15) is 11.9 Å². The third-order valence-corrected chi connectivity index (χ3v) is 3.90. The molecule has 0 amide bonds. The molecule has 6 heteroatoms. The Bertz CT molecular complexity index is 447. The van der Waals surface area contributed by atoms with Crippen molar-refractivity contribution in [2.45, 2.75) is 13.3 Å². The van der Waals surface area contributed by atoms with Crippen LogP contribution in [0, 0.1) is 0 Å². The topological polar surface area (TPSA) is 63.6 Å². The molecule has 0 aliphatic rings. The molecule has 0 aliphatic carbocycles. The van der Waals surface area contributed by atoms with Gasteiger partial charge in [-0.3, -0.25) is 9.36 Å². The second-order valence-corrected chi connectivity index (χ2v) is 6.32. The van der Waals surface area contributed by atoms with Crippen LogP contribution in [0.4, 0.5) is 0 Å². The van der Waals surface area contributed by atoms with Crippen LogP contribution in [0.5, 0.6) is 0 Å². The first-order chi connectivity index (χ1) is 7.93. The molecule has 0 aromatic heterocycles. The van der Waals surface area contributed by atoms with E-state index in [2.05, 4.69) is 20.5 Å². The summed E-state index contributed by atoms with van der Waals surface area (Å²) in [5.74, 6) is -0.303. The zero-order valence-corrected chi connectivity index (χ0v) is 11.9. The zero-order valence-electron chi connectivity index (χ0n) is 9.43. The minimum Gasteiger partial charge on any atom is -0.324 e. The van der Waals surface area contributed by atoms with E-state index in [0.29, 0.717) is 0 Å². The first-order valence-electron chi connectivity index (χ1n) is 5.15. The van der Waals surface area contributed by atoms with Crippen molar-refractivity contribution >= 4 is 29.3 Å². The largest absolute Gasteiger partial charge is 0.335 e. The van der Waals surface area contributed by atoms with Crippen LogP contribution in [-0.4, -0.2) is 23.4 Å². The standard InChI is InChI=1S/C11H14BrO4P/c1-2-16-17(14,15)8-11(13)7-9-4-3-5-10(12)6-9/h3-6H,2,7-8H2,1H3,(H,14,15). The molecule has 0 saturated heterocycles. The average Bonchev–Trinajstić information content (AvgIpc) is 2.15. The van der Waals surface area contributed by atoms with E-state index in [1.165, 1.54) is 0 Å². The zero-order chi connectivity index (χ0) is 12.9. The summed E-state index contributed by atoms with van der Waals surface area (Å²) >= 11 is 3.30. The molecule has 0 radical (unpaired) electrons. The maximum absolute atomic E-state index is 11.6. The van der Waals surface area contributed by atoms with Crippen molar-refractivity contribution in [2.24, 2.45) is 0 Å². The predicted octanol–water partition coefficient (Wildman–Crippen LogP) is 2.78. The molecular formula is C11H14BrO4P. The van der Waals surface area contributed by atoms with E-state index in [1.807, 2.05) is 12.1 Å². The van der Waals surface area contributed by atoms with Gasteiger partial charge in [-0.15, -0.1) is 0 Å². The normalized spacial score (nSPS) is 14.3. The molecule has 0 fully saturated rings. The molecule has 1 unspecified atom stereocenters. The van der Waals surface area contributed by atoms with Gasteiger partial charge in [0.15, 0.2) is 0 Å². The summed E-state index contributed by atoms with van der Waals surface area (Å²) < 4.78 is 16.9. The second kappa shape index (κ2) is 6.45. The van der Waals surface area contributed by atoms with E-state index < -0.39 is 13.8 Å². The van der Waals surface area contributed by atoms with Crippen LogP contribution in [0.15, 0.2) is 28.7 Å². The Labute approximate surface area is 109 Å². The summed E-state index contributed by atoms with van der Waals surface area (Å²) in [6, 6.07) is 7.27. The van der Waals surface area contributed by atoms with Crippen LogP contribution >= 0.6 is 23.5 Å². The van der Waals surface area contributed by atoms with Gasteiger partial charge in [-0.1, -0.05) is 28.1 Å². The summed E-state index contributed by atoms with van der Waals surface area (Å²) in [6.45, 7) is 1.74. The number of benzene rings is 1. The number of rotatable bonds is 6. The molecule has 0 aliphatic heterocycles. The lowest BCUT2D eigenvalue weighted by molar-refractivity contribution is -0.116. The van der Waals surface area contributed by atoms with Crippen LogP contribution in [0.2, 0.25) is 0 Å². The fraction of sp³-hybridized carbons (Fsp3) is 0.364. The van der Waals surface area contributed by atoms with Gasteiger partial charge in [0, 0.05) is 10.9 Å². The molecule has 1 rings (SSSR count). The Balaban J connectivity index is 2.59. The molecule has 94 valence electrons. The minimum absolute atomic E-state index is 0.123. The van der Waals surface area contributed by atoms with Crippen molar-refractivity contribution in [2.75, 3.05) is 12.8 Å². The van der Waals surface area contributed by atoms with Gasteiger partial charge in [0.2, 0.25) is 0 Å². The SMILES string of the molecule is CCOP(=O)(O)CC(=O)Cc1cccc(Br)c1. The average molecular weight is 321 g/mol. The van der Waals surface area contributed by atoms with Gasteiger partial charge in [-0.05, 0) is 24.6 Å². The molecule has 0 spiro atoms. The predicted molar refractivity (Wildman–Crippen MR) is 69.2 cm³/mol. The van der Waals surface area contributed by atoms with E-state index in [4.69, 9.17) is 0 Å². The lowest BCUT2D eigenvalue weighted by atomic mass is 10.1. The van der Waals surface area contributed by atoms with Gasteiger partial charge in [-0.2, -0.15) is 0 Å². The fourth-order valence-electron chi connectivity index (χ4n) is 1.40. The quantitative estimate of drug-likeness (QED) is 0.819. The number of halogens is 1. The molecule has 0 bridgehead atoms. The Kier molecular flexibility index (Phi) is 5.53. The smallest absolute Gasteiger partial charge is 0.324 e. The van der Waals surface area contributed by atoms with E-state index in [-0.39, 0.29) is 18.8 Å². The van der Waals surface area contributed by atoms with E-state index in [0.717, 1.165) is 10.0 Å². The van der Waals surface area contributed by atoms with E-state index >= 15 is 0 Å². The van der Waals surface area contributed by atoms with Crippen molar-refractivity contribution < 1.29 is 18.8 Å². The van der Waals surface area contributed by atoms with Crippen molar-refractivity contribution in [3.63, 3.8) is 0 Å². The van der Waals surface area contributed by atoms with E-state index in [1.54, 1.807) is 19.1 Å². The molecular weight excluding hydrogens is 307 g/mol. The summed E-state index contributed by atoms with van der Waals surface area (Å²) in [5, 5.41) is 0. The van der Waals surface area contributed by atoms with Crippen LogP contribution in [0.3, 0.4) is 0 Å². The molecule has 1 N–H and O–H groups in total. The van der Waals surface area contributed by atoms with Gasteiger partial charge < -0.3 is 9.42 Å². The maximum atomic E-state index is 11.6. The molecule has 4 nitrogen and oxygen atoms in total. The molecule has 1 atom stereocenters. The number of hydrogen-bond donors (Lipinski definition) is 1. The maximum Gasteiger partial charge on any atom is 0.335 e. The van der Waals surface area contributed by atoms with Crippen molar-refractivity contribution in [3.8, 4) is 0 Å². The van der Waals surface area contributed by atoms with Gasteiger partial charge in [0.05, 0.1) is 6.61 Å². The van der Waals surface area contributed by atoms with Crippen LogP contribution < -0.4 is 0 Å². The highest BCUT2D eigenvalue weighted by molar-refractivity contribution is 9.10. The lowest BCUT2D eigenvalue weighted by Crippen LogP contribution is -2.10. The monoisotopic (exact) mass is 320 g/mol. The molecule has 1 aromatic carbocycles. The first-order valence-corrected chi connectivity index (χ1v) is 7.71. The number of carbonyl (C=O) groups is 1. The van der Waals surface area contributed by atoms with Crippen LogP contribution in [-0.2, 0) is 20.3 Å². The fourth-order valence-corrected chi connectivity index (χ4v) is 2.90. The van der Waals surface area contributed by atoms with Gasteiger partial charge in [0.25, 0.3) is 0 Å². The minimum atomic E-state index is -3.76. The number of ketones is 1. The summed E-state index contributed by atoms with van der Waals surface area (Å²) in [4.78, 5) is 20.9. The molecule has 17 heavy (non-hydrogen) atoms. The number of Topliss-reactive ketones (excluding diaryl/α,β-unsaturated/α-hetero) is 1. The second-order valence-electron chi connectivity index (χ2n) is 3.56. The number of hydrogen-bond acceptors (Lipinski definition) is 3. The Morgan fingerprint density at radius 1 is 1.53 bits per heavy atom. The van der Waals surface area contributed by atoms with Gasteiger partial charge >= 0.3 is 7.60 Å².